The number of carbonyl (C=O) groups is 1. The molecule has 3 nitrogen and oxygen atoms in total. The second-order valence-corrected chi connectivity index (χ2v) is 8.16. The Morgan fingerprint density at radius 1 is 0.900 bits per heavy atom. The summed E-state index contributed by atoms with van der Waals surface area (Å²) in [5.74, 6) is 1.12. The summed E-state index contributed by atoms with van der Waals surface area (Å²) < 4.78 is 11.3. The number of ether oxygens (including phenoxy) is 2. The quantitative estimate of drug-likeness (QED) is 0.726. The second kappa shape index (κ2) is 6.93. The van der Waals surface area contributed by atoms with E-state index in [1.165, 1.54) is 12.8 Å². The van der Waals surface area contributed by atoms with Crippen LogP contribution >= 0.6 is 0 Å². The zero-order valence-electron chi connectivity index (χ0n) is 14.1. The Morgan fingerprint density at radius 2 is 1.35 bits per heavy atom. The first kappa shape index (κ1) is 17.5. The summed E-state index contributed by atoms with van der Waals surface area (Å²) in [5, 5.41) is 0. The summed E-state index contributed by atoms with van der Waals surface area (Å²) in [6.07, 6.45) is 4.67. The highest BCUT2D eigenvalue weighted by molar-refractivity contribution is 5.75. The predicted octanol–water partition coefficient (Wildman–Crippen LogP) is 4.20. The summed E-state index contributed by atoms with van der Waals surface area (Å²) in [5.41, 5.74) is -0.434. The number of carbonyl (C=O) groups excluding carboxylic acids is 1. The minimum Gasteiger partial charge on any atom is -0.465 e. The number of esters is 1. The lowest BCUT2D eigenvalue weighted by atomic mass is 9.82. The lowest BCUT2D eigenvalue weighted by Crippen LogP contribution is -2.29. The Hall–Kier alpha value is -0.570. The molecule has 0 amide bonds. The number of hydrogen-bond acceptors (Lipinski definition) is 3. The van der Waals surface area contributed by atoms with Crippen LogP contribution in [-0.2, 0) is 14.3 Å². The highest BCUT2D eigenvalue weighted by Crippen LogP contribution is 2.30. The lowest BCUT2D eigenvalue weighted by molar-refractivity contribution is -0.154. The van der Waals surface area contributed by atoms with Crippen LogP contribution in [0.3, 0.4) is 0 Å². The molecule has 0 unspecified atom stereocenters. The van der Waals surface area contributed by atoms with E-state index in [1.807, 2.05) is 20.8 Å². The molecule has 0 radical (unpaired) electrons. The van der Waals surface area contributed by atoms with Crippen LogP contribution in [0.25, 0.3) is 0 Å². The second-order valence-electron chi connectivity index (χ2n) is 8.16. The van der Waals surface area contributed by atoms with Crippen LogP contribution in [0.1, 0.15) is 67.2 Å². The first-order valence-corrected chi connectivity index (χ1v) is 7.89. The highest BCUT2D eigenvalue weighted by Gasteiger charge is 2.27. The van der Waals surface area contributed by atoms with Gasteiger partial charge in [-0.2, -0.15) is 0 Å². The van der Waals surface area contributed by atoms with Crippen LogP contribution in [0.5, 0.6) is 0 Å². The average molecular weight is 284 g/mol. The third kappa shape index (κ3) is 6.74. The average Bonchev–Trinajstić information content (AvgIpc) is 2.32. The van der Waals surface area contributed by atoms with Gasteiger partial charge in [-0.05, 0) is 79.1 Å². The van der Waals surface area contributed by atoms with Gasteiger partial charge >= 0.3 is 5.97 Å². The van der Waals surface area contributed by atoms with E-state index in [0.29, 0.717) is 18.4 Å². The SMILES string of the molecule is CC(C)(C)OCC1CCC(COC(=O)C(C)(C)C)CC1. The Balaban J connectivity index is 2.21. The molecule has 3 heteroatoms. The number of rotatable bonds is 4. The maximum atomic E-state index is 11.7. The Bertz CT molecular complexity index is 301. The van der Waals surface area contributed by atoms with Gasteiger partial charge in [-0.3, -0.25) is 4.79 Å². The van der Waals surface area contributed by atoms with E-state index in [0.717, 1.165) is 19.4 Å². The first-order chi connectivity index (χ1) is 9.08. The molecular weight excluding hydrogens is 252 g/mol. The maximum absolute atomic E-state index is 11.7. The van der Waals surface area contributed by atoms with Gasteiger partial charge < -0.3 is 9.47 Å². The van der Waals surface area contributed by atoms with Crippen molar-refractivity contribution >= 4 is 5.97 Å². The lowest BCUT2D eigenvalue weighted by Gasteiger charge is -2.31. The molecule has 1 aliphatic carbocycles. The molecule has 0 aliphatic heterocycles. The molecule has 0 heterocycles. The minimum atomic E-state index is -0.391. The monoisotopic (exact) mass is 284 g/mol. The molecule has 0 spiro atoms. The largest absolute Gasteiger partial charge is 0.465 e. The van der Waals surface area contributed by atoms with Gasteiger partial charge in [0.15, 0.2) is 0 Å². The minimum absolute atomic E-state index is 0.0426. The van der Waals surface area contributed by atoms with E-state index in [4.69, 9.17) is 9.47 Å². The van der Waals surface area contributed by atoms with E-state index in [-0.39, 0.29) is 11.6 Å². The topological polar surface area (TPSA) is 35.5 Å². The van der Waals surface area contributed by atoms with E-state index >= 15 is 0 Å². The molecular formula is C17H32O3. The standard InChI is InChI=1S/C17H32O3/c1-16(2,3)15(18)19-11-13-7-9-14(10-8-13)12-20-17(4,5)6/h13-14H,7-12H2,1-6H3. The third-order valence-corrected chi connectivity index (χ3v) is 3.78. The molecule has 1 aliphatic rings. The van der Waals surface area contributed by atoms with Crippen molar-refractivity contribution in [2.45, 2.75) is 72.8 Å². The van der Waals surface area contributed by atoms with Crippen LogP contribution < -0.4 is 0 Å². The molecule has 0 aromatic heterocycles. The fourth-order valence-corrected chi connectivity index (χ4v) is 2.34. The van der Waals surface area contributed by atoms with Gasteiger partial charge in [0, 0.05) is 0 Å². The van der Waals surface area contributed by atoms with E-state index in [9.17, 15) is 4.79 Å². The van der Waals surface area contributed by atoms with Crippen molar-refractivity contribution in [3.8, 4) is 0 Å². The summed E-state index contributed by atoms with van der Waals surface area (Å²) in [7, 11) is 0. The Morgan fingerprint density at radius 3 is 1.75 bits per heavy atom. The van der Waals surface area contributed by atoms with Crippen molar-refractivity contribution in [2.24, 2.45) is 17.3 Å². The van der Waals surface area contributed by atoms with Gasteiger partial charge in [0.1, 0.15) is 0 Å². The molecule has 20 heavy (non-hydrogen) atoms. The van der Waals surface area contributed by atoms with Crippen molar-refractivity contribution < 1.29 is 14.3 Å². The molecule has 1 saturated carbocycles. The van der Waals surface area contributed by atoms with Crippen molar-refractivity contribution in [3.63, 3.8) is 0 Å². The molecule has 0 saturated heterocycles. The van der Waals surface area contributed by atoms with Gasteiger partial charge in [0.25, 0.3) is 0 Å². The van der Waals surface area contributed by atoms with Crippen molar-refractivity contribution in [3.05, 3.63) is 0 Å². The molecule has 0 aromatic rings. The van der Waals surface area contributed by atoms with Gasteiger partial charge in [-0.25, -0.2) is 0 Å². The maximum Gasteiger partial charge on any atom is 0.311 e. The van der Waals surface area contributed by atoms with Gasteiger partial charge in [0.2, 0.25) is 0 Å². The van der Waals surface area contributed by atoms with Crippen LogP contribution in [-0.4, -0.2) is 24.8 Å². The van der Waals surface area contributed by atoms with Crippen LogP contribution in [0.4, 0.5) is 0 Å². The van der Waals surface area contributed by atoms with Crippen molar-refractivity contribution in [1.29, 1.82) is 0 Å². The van der Waals surface area contributed by atoms with E-state index < -0.39 is 5.41 Å². The summed E-state index contributed by atoms with van der Waals surface area (Å²) in [6.45, 7) is 13.4. The van der Waals surface area contributed by atoms with E-state index in [1.54, 1.807) is 0 Å². The zero-order chi connectivity index (χ0) is 15.4. The summed E-state index contributed by atoms with van der Waals surface area (Å²) in [4.78, 5) is 11.7. The van der Waals surface area contributed by atoms with Gasteiger partial charge in [0.05, 0.1) is 24.2 Å². The Labute approximate surface area is 124 Å². The molecule has 118 valence electrons. The van der Waals surface area contributed by atoms with Gasteiger partial charge in [-0.15, -0.1) is 0 Å². The van der Waals surface area contributed by atoms with Crippen LogP contribution in [0.15, 0.2) is 0 Å². The van der Waals surface area contributed by atoms with Crippen LogP contribution in [0.2, 0.25) is 0 Å². The molecule has 0 atom stereocenters. The van der Waals surface area contributed by atoms with Crippen molar-refractivity contribution in [1.82, 2.24) is 0 Å². The molecule has 0 aromatic carbocycles. The third-order valence-electron chi connectivity index (χ3n) is 3.78. The van der Waals surface area contributed by atoms with Crippen molar-refractivity contribution in [2.75, 3.05) is 13.2 Å². The van der Waals surface area contributed by atoms with Crippen LogP contribution in [0, 0.1) is 17.3 Å². The fourth-order valence-electron chi connectivity index (χ4n) is 2.34. The summed E-state index contributed by atoms with van der Waals surface area (Å²) >= 11 is 0. The molecule has 1 rings (SSSR count). The zero-order valence-corrected chi connectivity index (χ0v) is 14.1. The first-order valence-electron chi connectivity index (χ1n) is 7.89. The molecule has 1 fully saturated rings. The van der Waals surface area contributed by atoms with Gasteiger partial charge in [-0.1, -0.05) is 0 Å². The fraction of sp³-hybridized carbons (Fsp3) is 0.941. The predicted molar refractivity (Wildman–Crippen MR) is 81.6 cm³/mol. The Kier molecular flexibility index (Phi) is 6.06. The summed E-state index contributed by atoms with van der Waals surface area (Å²) in [6, 6.07) is 0. The molecule has 0 N–H and O–H groups in total. The smallest absolute Gasteiger partial charge is 0.311 e. The normalized spacial score (nSPS) is 24.5. The highest BCUT2D eigenvalue weighted by atomic mass is 16.5. The van der Waals surface area contributed by atoms with E-state index in [2.05, 4.69) is 20.8 Å². The molecule has 0 bridgehead atoms. The number of hydrogen-bond donors (Lipinski definition) is 0.